The SMILES string of the molecule is O=C(O)c1cccc2oc(/C=C/c3ccc(OCc4cccnc4)cc3)nc12. The van der Waals surface area contributed by atoms with Gasteiger partial charge in [0.1, 0.15) is 17.9 Å². The van der Waals surface area contributed by atoms with Crippen molar-refractivity contribution >= 4 is 29.2 Å². The van der Waals surface area contributed by atoms with Crippen LogP contribution in [0.15, 0.2) is 71.4 Å². The number of benzene rings is 2. The number of pyridine rings is 1. The lowest BCUT2D eigenvalue weighted by Gasteiger charge is -2.05. The molecule has 0 aliphatic carbocycles. The highest BCUT2D eigenvalue weighted by molar-refractivity contribution is 6.00. The Morgan fingerprint density at radius 3 is 2.68 bits per heavy atom. The molecule has 0 spiro atoms. The Bertz CT molecular complexity index is 1130. The van der Waals surface area contributed by atoms with Crippen molar-refractivity contribution in [3.8, 4) is 5.75 Å². The summed E-state index contributed by atoms with van der Waals surface area (Å²) in [5, 5.41) is 9.23. The third-order valence-electron chi connectivity index (χ3n) is 4.09. The van der Waals surface area contributed by atoms with Gasteiger partial charge in [-0.2, -0.15) is 0 Å². The molecule has 0 unspecified atom stereocenters. The molecule has 1 N–H and O–H groups in total. The molecule has 0 saturated carbocycles. The first-order chi connectivity index (χ1) is 13.7. The lowest BCUT2D eigenvalue weighted by atomic mass is 10.2. The van der Waals surface area contributed by atoms with E-state index in [4.69, 9.17) is 9.15 Å². The zero-order valence-corrected chi connectivity index (χ0v) is 14.8. The highest BCUT2D eigenvalue weighted by atomic mass is 16.5. The summed E-state index contributed by atoms with van der Waals surface area (Å²) in [6, 6.07) is 16.3. The van der Waals surface area contributed by atoms with E-state index in [1.165, 1.54) is 6.07 Å². The molecule has 2 heterocycles. The van der Waals surface area contributed by atoms with Gasteiger partial charge in [0.2, 0.25) is 5.89 Å². The number of carbonyl (C=O) groups is 1. The number of nitrogens with zero attached hydrogens (tertiary/aromatic N) is 2. The van der Waals surface area contributed by atoms with Crippen LogP contribution in [0.25, 0.3) is 23.3 Å². The molecule has 0 radical (unpaired) electrons. The summed E-state index contributed by atoms with van der Waals surface area (Å²) in [5.74, 6) is 0.0749. The Labute approximate surface area is 160 Å². The molecule has 0 atom stereocenters. The van der Waals surface area contributed by atoms with Gasteiger partial charge in [0.05, 0.1) is 5.56 Å². The molecule has 6 heteroatoms. The summed E-state index contributed by atoms with van der Waals surface area (Å²) < 4.78 is 11.3. The molecular formula is C22H16N2O4. The fourth-order valence-corrected chi connectivity index (χ4v) is 2.70. The topological polar surface area (TPSA) is 85.5 Å². The average molecular weight is 372 g/mol. The summed E-state index contributed by atoms with van der Waals surface area (Å²) >= 11 is 0. The second-order valence-corrected chi connectivity index (χ2v) is 6.06. The number of fused-ring (bicyclic) bond motifs is 1. The minimum atomic E-state index is -1.03. The molecule has 0 aliphatic rings. The van der Waals surface area contributed by atoms with Crippen LogP contribution in [-0.4, -0.2) is 21.0 Å². The molecular weight excluding hydrogens is 356 g/mol. The van der Waals surface area contributed by atoms with Crippen LogP contribution in [0, 0.1) is 0 Å². The Morgan fingerprint density at radius 2 is 1.93 bits per heavy atom. The van der Waals surface area contributed by atoms with Crippen LogP contribution < -0.4 is 4.74 Å². The molecule has 0 bridgehead atoms. The van der Waals surface area contributed by atoms with Crippen molar-refractivity contribution in [1.82, 2.24) is 9.97 Å². The average Bonchev–Trinajstić information content (AvgIpc) is 3.15. The number of aromatic nitrogens is 2. The fourth-order valence-electron chi connectivity index (χ4n) is 2.70. The quantitative estimate of drug-likeness (QED) is 0.529. The van der Waals surface area contributed by atoms with Gasteiger partial charge in [-0.25, -0.2) is 9.78 Å². The lowest BCUT2D eigenvalue weighted by molar-refractivity contribution is 0.0699. The van der Waals surface area contributed by atoms with Gasteiger partial charge >= 0.3 is 5.97 Å². The van der Waals surface area contributed by atoms with E-state index in [-0.39, 0.29) is 5.56 Å². The first-order valence-corrected chi connectivity index (χ1v) is 8.62. The third kappa shape index (κ3) is 3.91. The Kier molecular flexibility index (Phi) is 4.84. The molecule has 0 saturated heterocycles. The number of ether oxygens (including phenoxy) is 1. The minimum Gasteiger partial charge on any atom is -0.489 e. The van der Waals surface area contributed by atoms with Crippen molar-refractivity contribution in [3.63, 3.8) is 0 Å². The Hall–Kier alpha value is -3.93. The van der Waals surface area contributed by atoms with Crippen molar-refractivity contribution in [2.45, 2.75) is 6.61 Å². The zero-order chi connectivity index (χ0) is 19.3. The molecule has 2 aromatic heterocycles. The van der Waals surface area contributed by atoms with E-state index in [0.717, 1.165) is 16.9 Å². The van der Waals surface area contributed by atoms with Gasteiger partial charge in [-0.05, 0) is 42.0 Å². The second-order valence-electron chi connectivity index (χ2n) is 6.06. The number of hydrogen-bond acceptors (Lipinski definition) is 5. The van der Waals surface area contributed by atoms with E-state index in [9.17, 15) is 9.90 Å². The van der Waals surface area contributed by atoms with E-state index in [1.54, 1.807) is 30.6 Å². The van der Waals surface area contributed by atoms with Crippen LogP contribution in [0.4, 0.5) is 0 Å². The maximum atomic E-state index is 11.3. The highest BCUT2D eigenvalue weighted by Gasteiger charge is 2.13. The number of carboxylic acid groups (broad SMARTS) is 1. The lowest BCUT2D eigenvalue weighted by Crippen LogP contribution is -1.96. The third-order valence-corrected chi connectivity index (χ3v) is 4.09. The number of aromatic carboxylic acids is 1. The molecule has 0 aliphatic heterocycles. The predicted molar refractivity (Wildman–Crippen MR) is 105 cm³/mol. The predicted octanol–water partition coefficient (Wildman–Crippen LogP) is 4.67. The molecule has 4 rings (SSSR count). The molecule has 4 aromatic rings. The van der Waals surface area contributed by atoms with Gasteiger partial charge in [-0.1, -0.05) is 24.3 Å². The number of oxazole rings is 1. The minimum absolute atomic E-state index is 0.121. The molecule has 2 aromatic carbocycles. The fraction of sp³-hybridized carbons (Fsp3) is 0.0455. The smallest absolute Gasteiger partial charge is 0.338 e. The highest BCUT2D eigenvalue weighted by Crippen LogP contribution is 2.21. The molecule has 138 valence electrons. The summed E-state index contributed by atoms with van der Waals surface area (Å²) in [6.07, 6.45) is 7.05. The maximum absolute atomic E-state index is 11.3. The summed E-state index contributed by atoms with van der Waals surface area (Å²) in [6.45, 7) is 0.456. The zero-order valence-electron chi connectivity index (χ0n) is 14.8. The summed E-state index contributed by atoms with van der Waals surface area (Å²) in [4.78, 5) is 19.6. The largest absolute Gasteiger partial charge is 0.489 e. The van der Waals surface area contributed by atoms with Crippen molar-refractivity contribution < 1.29 is 19.1 Å². The second kappa shape index (κ2) is 7.75. The monoisotopic (exact) mass is 372 g/mol. The van der Waals surface area contributed by atoms with E-state index in [1.807, 2.05) is 42.5 Å². The van der Waals surface area contributed by atoms with Crippen molar-refractivity contribution in [2.75, 3.05) is 0 Å². The van der Waals surface area contributed by atoms with Crippen molar-refractivity contribution in [1.29, 1.82) is 0 Å². The van der Waals surface area contributed by atoms with Crippen LogP contribution in [0.2, 0.25) is 0 Å². The van der Waals surface area contributed by atoms with Crippen LogP contribution in [0.1, 0.15) is 27.4 Å². The van der Waals surface area contributed by atoms with E-state index in [2.05, 4.69) is 9.97 Å². The molecule has 0 fully saturated rings. The normalized spacial score (nSPS) is 11.1. The van der Waals surface area contributed by atoms with Crippen LogP contribution in [0.3, 0.4) is 0 Å². The molecule has 6 nitrogen and oxygen atoms in total. The van der Waals surface area contributed by atoms with Crippen LogP contribution >= 0.6 is 0 Å². The van der Waals surface area contributed by atoms with E-state index in [0.29, 0.717) is 23.6 Å². The van der Waals surface area contributed by atoms with Crippen LogP contribution in [-0.2, 0) is 6.61 Å². The van der Waals surface area contributed by atoms with E-state index >= 15 is 0 Å². The van der Waals surface area contributed by atoms with Crippen molar-refractivity contribution in [3.05, 3.63) is 89.6 Å². The number of hydrogen-bond donors (Lipinski definition) is 1. The number of rotatable bonds is 6. The summed E-state index contributed by atoms with van der Waals surface area (Å²) in [7, 11) is 0. The number of para-hydroxylation sites is 1. The Balaban J connectivity index is 1.45. The van der Waals surface area contributed by atoms with Gasteiger partial charge < -0.3 is 14.3 Å². The first-order valence-electron chi connectivity index (χ1n) is 8.62. The Morgan fingerprint density at radius 1 is 1.07 bits per heavy atom. The number of carboxylic acids is 1. The van der Waals surface area contributed by atoms with Gasteiger partial charge in [0, 0.05) is 24.0 Å². The standard InChI is InChI=1S/C22H16N2O4/c25-22(26)18-4-1-5-19-21(18)24-20(28-19)11-8-15-6-9-17(10-7-15)27-14-16-3-2-12-23-13-16/h1-13H,14H2,(H,25,26)/b11-8+. The molecule has 0 amide bonds. The molecule has 28 heavy (non-hydrogen) atoms. The van der Waals surface area contributed by atoms with Gasteiger partial charge in [0.25, 0.3) is 0 Å². The van der Waals surface area contributed by atoms with Gasteiger partial charge in [0.15, 0.2) is 5.58 Å². The maximum Gasteiger partial charge on any atom is 0.338 e. The van der Waals surface area contributed by atoms with Crippen molar-refractivity contribution in [2.24, 2.45) is 0 Å². The van der Waals surface area contributed by atoms with Crippen LogP contribution in [0.5, 0.6) is 5.75 Å². The summed E-state index contributed by atoms with van der Waals surface area (Å²) in [5.41, 5.74) is 2.85. The van der Waals surface area contributed by atoms with E-state index < -0.39 is 5.97 Å². The van der Waals surface area contributed by atoms with Gasteiger partial charge in [-0.15, -0.1) is 0 Å². The van der Waals surface area contributed by atoms with Gasteiger partial charge in [-0.3, -0.25) is 4.98 Å². The first kappa shape index (κ1) is 17.5.